The summed E-state index contributed by atoms with van der Waals surface area (Å²) in [6, 6.07) is 14.6. The molecule has 0 atom stereocenters. The highest BCUT2D eigenvalue weighted by Gasteiger charge is 2.17. The Morgan fingerprint density at radius 2 is 1.75 bits per heavy atom. The lowest BCUT2D eigenvalue weighted by Gasteiger charge is -2.22. The number of hydrogen-bond donors (Lipinski definition) is 1. The van der Waals surface area contributed by atoms with Crippen LogP contribution < -0.4 is 15.0 Å². The molecule has 24 heavy (non-hydrogen) atoms. The fraction of sp³-hybridized carbons (Fsp3) is 0.263. The Morgan fingerprint density at radius 1 is 1.08 bits per heavy atom. The van der Waals surface area contributed by atoms with E-state index < -0.39 is 0 Å². The van der Waals surface area contributed by atoms with Crippen molar-refractivity contribution >= 4 is 23.2 Å². The van der Waals surface area contributed by atoms with Crippen molar-refractivity contribution in [2.45, 2.75) is 20.8 Å². The van der Waals surface area contributed by atoms with Crippen LogP contribution in [-0.2, 0) is 9.59 Å². The largest absolute Gasteiger partial charge is 0.494 e. The molecule has 0 aliphatic heterocycles. The first kappa shape index (κ1) is 17.5. The van der Waals surface area contributed by atoms with E-state index in [4.69, 9.17) is 4.74 Å². The van der Waals surface area contributed by atoms with Crippen LogP contribution in [0.15, 0.2) is 48.5 Å². The van der Waals surface area contributed by atoms with E-state index in [0.717, 1.165) is 17.0 Å². The molecule has 0 unspecified atom stereocenters. The molecule has 2 aromatic carbocycles. The predicted octanol–water partition coefficient (Wildman–Crippen LogP) is 3.39. The van der Waals surface area contributed by atoms with Crippen LogP contribution in [0.4, 0.5) is 11.4 Å². The number of ether oxygens (including phenoxy) is 1. The third-order valence-corrected chi connectivity index (χ3v) is 3.54. The number of rotatable bonds is 6. The first-order valence-corrected chi connectivity index (χ1v) is 7.87. The second-order valence-electron chi connectivity index (χ2n) is 5.40. The Labute approximate surface area is 142 Å². The summed E-state index contributed by atoms with van der Waals surface area (Å²) < 4.78 is 5.37. The summed E-state index contributed by atoms with van der Waals surface area (Å²) in [7, 11) is 0. The number of benzene rings is 2. The van der Waals surface area contributed by atoms with Crippen molar-refractivity contribution in [2.24, 2.45) is 0 Å². The molecule has 2 rings (SSSR count). The summed E-state index contributed by atoms with van der Waals surface area (Å²) in [6.45, 7) is 5.84. The fourth-order valence-electron chi connectivity index (χ4n) is 2.38. The highest BCUT2D eigenvalue weighted by molar-refractivity contribution is 6.02. The minimum Gasteiger partial charge on any atom is -0.494 e. The number of amides is 2. The van der Waals surface area contributed by atoms with Crippen LogP contribution in [0, 0.1) is 6.92 Å². The molecule has 0 aliphatic rings. The Morgan fingerprint density at radius 3 is 2.33 bits per heavy atom. The van der Waals surface area contributed by atoms with Gasteiger partial charge in [0.05, 0.1) is 6.61 Å². The standard InChI is InChI=1S/C19H22N2O3/c1-4-24-17-11-9-16(10-12-17)20-19(23)13-21(15(3)22)18-8-6-5-7-14(18)2/h5-12H,4,13H2,1-3H3,(H,20,23). The van der Waals surface area contributed by atoms with Crippen LogP contribution in [0.1, 0.15) is 19.4 Å². The SMILES string of the molecule is CCOc1ccc(NC(=O)CN(C(C)=O)c2ccccc2C)cc1. The Bertz CT molecular complexity index is 711. The van der Waals surface area contributed by atoms with E-state index in [-0.39, 0.29) is 18.4 Å². The Hall–Kier alpha value is -2.82. The lowest BCUT2D eigenvalue weighted by Crippen LogP contribution is -2.37. The van der Waals surface area contributed by atoms with Crippen LogP contribution in [0.2, 0.25) is 0 Å². The number of aryl methyl sites for hydroxylation is 1. The molecule has 0 saturated heterocycles. The molecular weight excluding hydrogens is 304 g/mol. The monoisotopic (exact) mass is 326 g/mol. The zero-order valence-corrected chi connectivity index (χ0v) is 14.2. The zero-order valence-electron chi connectivity index (χ0n) is 14.2. The molecule has 0 fully saturated rings. The van der Waals surface area contributed by atoms with Crippen LogP contribution in [-0.4, -0.2) is 25.0 Å². The second kappa shape index (κ2) is 8.15. The normalized spacial score (nSPS) is 10.1. The molecule has 2 aromatic rings. The van der Waals surface area contributed by atoms with Gasteiger partial charge in [-0.2, -0.15) is 0 Å². The molecular formula is C19H22N2O3. The fourth-order valence-corrected chi connectivity index (χ4v) is 2.38. The second-order valence-corrected chi connectivity index (χ2v) is 5.40. The molecule has 0 heterocycles. The minimum atomic E-state index is -0.252. The molecule has 0 aliphatic carbocycles. The van der Waals surface area contributed by atoms with Gasteiger partial charge >= 0.3 is 0 Å². The average Bonchev–Trinajstić information content (AvgIpc) is 2.55. The van der Waals surface area contributed by atoms with E-state index in [9.17, 15) is 9.59 Å². The van der Waals surface area contributed by atoms with Crippen molar-refractivity contribution in [3.8, 4) is 5.75 Å². The molecule has 0 radical (unpaired) electrons. The average molecular weight is 326 g/mol. The van der Waals surface area contributed by atoms with Gasteiger partial charge in [-0.05, 0) is 49.7 Å². The number of nitrogens with zero attached hydrogens (tertiary/aromatic N) is 1. The van der Waals surface area contributed by atoms with Crippen molar-refractivity contribution in [2.75, 3.05) is 23.4 Å². The predicted molar refractivity (Wildman–Crippen MR) is 95.4 cm³/mol. The molecule has 126 valence electrons. The molecule has 0 bridgehead atoms. The summed E-state index contributed by atoms with van der Waals surface area (Å²) >= 11 is 0. The summed E-state index contributed by atoms with van der Waals surface area (Å²) in [4.78, 5) is 25.7. The molecule has 2 amide bonds. The lowest BCUT2D eigenvalue weighted by molar-refractivity contribution is -0.120. The third-order valence-electron chi connectivity index (χ3n) is 3.54. The van der Waals surface area contributed by atoms with Gasteiger partial charge in [-0.15, -0.1) is 0 Å². The Balaban J connectivity index is 2.06. The van der Waals surface area contributed by atoms with E-state index in [2.05, 4.69) is 5.32 Å². The number of carbonyl (C=O) groups is 2. The van der Waals surface area contributed by atoms with Gasteiger partial charge in [-0.3, -0.25) is 9.59 Å². The minimum absolute atomic E-state index is 0.0343. The van der Waals surface area contributed by atoms with Crippen molar-refractivity contribution < 1.29 is 14.3 Å². The topological polar surface area (TPSA) is 58.6 Å². The van der Waals surface area contributed by atoms with Crippen LogP contribution >= 0.6 is 0 Å². The summed E-state index contributed by atoms with van der Waals surface area (Å²) in [6.07, 6.45) is 0. The Kier molecular flexibility index (Phi) is 5.95. The van der Waals surface area contributed by atoms with Crippen LogP contribution in [0.25, 0.3) is 0 Å². The van der Waals surface area contributed by atoms with E-state index in [1.807, 2.05) is 38.1 Å². The summed E-state index contributed by atoms with van der Waals surface area (Å²) in [5.41, 5.74) is 2.35. The van der Waals surface area contributed by atoms with Crippen LogP contribution in [0.5, 0.6) is 5.75 Å². The maximum Gasteiger partial charge on any atom is 0.244 e. The molecule has 1 N–H and O–H groups in total. The van der Waals surface area contributed by atoms with E-state index in [0.29, 0.717) is 12.3 Å². The van der Waals surface area contributed by atoms with Gasteiger partial charge in [0.2, 0.25) is 11.8 Å². The maximum absolute atomic E-state index is 12.3. The highest BCUT2D eigenvalue weighted by atomic mass is 16.5. The van der Waals surface area contributed by atoms with E-state index in [1.54, 1.807) is 24.3 Å². The number of nitrogens with one attached hydrogen (secondary N) is 1. The van der Waals surface area contributed by atoms with Gasteiger partial charge in [0.25, 0.3) is 0 Å². The first-order valence-electron chi connectivity index (χ1n) is 7.87. The van der Waals surface area contributed by atoms with Gasteiger partial charge in [0.15, 0.2) is 0 Å². The smallest absolute Gasteiger partial charge is 0.244 e. The number of anilines is 2. The van der Waals surface area contributed by atoms with Crippen molar-refractivity contribution in [1.82, 2.24) is 0 Å². The summed E-state index contributed by atoms with van der Waals surface area (Å²) in [5, 5.41) is 2.80. The summed E-state index contributed by atoms with van der Waals surface area (Å²) in [5.74, 6) is 0.324. The van der Waals surface area contributed by atoms with Crippen molar-refractivity contribution in [3.05, 3.63) is 54.1 Å². The first-order chi connectivity index (χ1) is 11.5. The van der Waals surface area contributed by atoms with Gasteiger partial charge in [-0.1, -0.05) is 18.2 Å². The molecule has 0 spiro atoms. The van der Waals surface area contributed by atoms with Gasteiger partial charge in [0.1, 0.15) is 12.3 Å². The highest BCUT2D eigenvalue weighted by Crippen LogP contribution is 2.20. The van der Waals surface area contributed by atoms with Crippen LogP contribution in [0.3, 0.4) is 0 Å². The van der Waals surface area contributed by atoms with Gasteiger partial charge < -0.3 is 15.0 Å². The van der Waals surface area contributed by atoms with E-state index in [1.165, 1.54) is 11.8 Å². The van der Waals surface area contributed by atoms with Gasteiger partial charge in [0, 0.05) is 18.3 Å². The maximum atomic E-state index is 12.3. The van der Waals surface area contributed by atoms with Crippen molar-refractivity contribution in [1.29, 1.82) is 0 Å². The quantitative estimate of drug-likeness (QED) is 0.885. The lowest BCUT2D eigenvalue weighted by atomic mass is 10.2. The van der Waals surface area contributed by atoms with E-state index >= 15 is 0 Å². The third kappa shape index (κ3) is 4.59. The van der Waals surface area contributed by atoms with Gasteiger partial charge in [-0.25, -0.2) is 0 Å². The number of carbonyl (C=O) groups excluding carboxylic acids is 2. The molecule has 0 aromatic heterocycles. The number of hydrogen-bond acceptors (Lipinski definition) is 3. The number of para-hydroxylation sites is 1. The zero-order chi connectivity index (χ0) is 17.5. The molecule has 5 heteroatoms. The van der Waals surface area contributed by atoms with Crippen molar-refractivity contribution in [3.63, 3.8) is 0 Å². The molecule has 5 nitrogen and oxygen atoms in total. The molecule has 0 saturated carbocycles.